The molecule has 0 aliphatic rings. The lowest BCUT2D eigenvalue weighted by molar-refractivity contribution is 0.535. The summed E-state index contributed by atoms with van der Waals surface area (Å²) in [7, 11) is 4.28. The third-order valence-electron chi connectivity index (χ3n) is 7.00. The number of rotatable bonds is 30. The molecule has 0 aromatic rings. The SMILES string of the molecule is CCCCCCCCCCCCCCCCCSSCCCCCCCCCCCCCC. The van der Waals surface area contributed by atoms with Crippen molar-refractivity contribution in [1.29, 1.82) is 0 Å². The molecule has 0 atom stereocenters. The maximum Gasteiger partial charge on any atom is 0.00369 e. The Kier molecular flexibility index (Phi) is 33.4. The molecular formula is C31H64S2. The van der Waals surface area contributed by atoms with Crippen LogP contribution in [0.3, 0.4) is 0 Å². The largest absolute Gasteiger partial charge is 0.0942 e. The van der Waals surface area contributed by atoms with E-state index in [-0.39, 0.29) is 0 Å². The fourth-order valence-electron chi connectivity index (χ4n) is 4.65. The van der Waals surface area contributed by atoms with Gasteiger partial charge in [0.25, 0.3) is 0 Å². The van der Waals surface area contributed by atoms with Crippen LogP contribution in [0.5, 0.6) is 0 Å². The zero-order valence-electron chi connectivity index (χ0n) is 23.3. The third-order valence-corrected chi connectivity index (χ3v) is 9.57. The molecule has 0 aromatic carbocycles. The number of hydrogen-bond acceptors (Lipinski definition) is 2. The molecule has 0 unspecified atom stereocenters. The van der Waals surface area contributed by atoms with Crippen molar-refractivity contribution in [1.82, 2.24) is 0 Å². The van der Waals surface area contributed by atoms with Crippen molar-refractivity contribution in [2.45, 2.75) is 187 Å². The van der Waals surface area contributed by atoms with Gasteiger partial charge in [-0.15, -0.1) is 0 Å². The van der Waals surface area contributed by atoms with Gasteiger partial charge in [-0.2, -0.15) is 0 Å². The van der Waals surface area contributed by atoms with Gasteiger partial charge < -0.3 is 0 Å². The molecule has 0 aliphatic carbocycles. The Labute approximate surface area is 219 Å². The van der Waals surface area contributed by atoms with Crippen LogP contribution in [0, 0.1) is 0 Å². The van der Waals surface area contributed by atoms with Gasteiger partial charge in [0.2, 0.25) is 0 Å². The molecule has 0 fully saturated rings. The highest BCUT2D eigenvalue weighted by molar-refractivity contribution is 8.76. The lowest BCUT2D eigenvalue weighted by atomic mass is 10.0. The average molecular weight is 501 g/mol. The monoisotopic (exact) mass is 500 g/mol. The molecule has 0 spiro atoms. The van der Waals surface area contributed by atoms with E-state index in [2.05, 4.69) is 35.4 Å². The van der Waals surface area contributed by atoms with Gasteiger partial charge in [0.15, 0.2) is 0 Å². The first-order chi connectivity index (χ1) is 16.4. The predicted octanol–water partition coefficient (Wildman–Crippen LogP) is 12.9. The van der Waals surface area contributed by atoms with Crippen LogP contribution in [0.25, 0.3) is 0 Å². The van der Waals surface area contributed by atoms with Gasteiger partial charge in [-0.25, -0.2) is 0 Å². The van der Waals surface area contributed by atoms with E-state index in [1.165, 1.54) is 185 Å². The fourth-order valence-corrected chi connectivity index (χ4v) is 6.95. The van der Waals surface area contributed by atoms with Crippen molar-refractivity contribution in [3.8, 4) is 0 Å². The minimum Gasteiger partial charge on any atom is -0.0942 e. The van der Waals surface area contributed by atoms with Crippen molar-refractivity contribution >= 4 is 21.6 Å². The van der Waals surface area contributed by atoms with Crippen LogP contribution < -0.4 is 0 Å². The molecule has 0 heterocycles. The van der Waals surface area contributed by atoms with Crippen LogP contribution in [0.2, 0.25) is 0 Å². The van der Waals surface area contributed by atoms with Crippen molar-refractivity contribution in [2.24, 2.45) is 0 Å². The van der Waals surface area contributed by atoms with Gasteiger partial charge in [-0.05, 0) is 12.8 Å². The zero-order valence-corrected chi connectivity index (χ0v) is 25.0. The lowest BCUT2D eigenvalue weighted by Crippen LogP contribution is -1.85. The maximum atomic E-state index is 2.31. The van der Waals surface area contributed by atoms with Crippen LogP contribution in [0.15, 0.2) is 0 Å². The second-order valence-electron chi connectivity index (χ2n) is 10.5. The Hall–Kier alpha value is 0.700. The van der Waals surface area contributed by atoms with E-state index in [0.717, 1.165) is 0 Å². The summed E-state index contributed by atoms with van der Waals surface area (Å²) in [6.45, 7) is 4.61. The average Bonchev–Trinajstić information content (AvgIpc) is 2.83. The van der Waals surface area contributed by atoms with E-state index >= 15 is 0 Å². The van der Waals surface area contributed by atoms with E-state index in [1.54, 1.807) is 0 Å². The second-order valence-corrected chi connectivity index (χ2v) is 13.2. The first kappa shape index (κ1) is 33.7. The summed E-state index contributed by atoms with van der Waals surface area (Å²) >= 11 is 0. The first-order valence-corrected chi connectivity index (χ1v) is 18.1. The van der Waals surface area contributed by atoms with Gasteiger partial charge in [0.1, 0.15) is 0 Å². The lowest BCUT2D eigenvalue weighted by Gasteiger charge is -2.04. The quantitative estimate of drug-likeness (QED) is 0.0710. The van der Waals surface area contributed by atoms with Gasteiger partial charge in [-0.1, -0.05) is 196 Å². The van der Waals surface area contributed by atoms with Gasteiger partial charge >= 0.3 is 0 Å². The van der Waals surface area contributed by atoms with Crippen molar-refractivity contribution in [3.63, 3.8) is 0 Å². The summed E-state index contributed by atoms with van der Waals surface area (Å²) < 4.78 is 0. The highest BCUT2D eigenvalue weighted by Gasteiger charge is 1.97. The Bertz CT molecular complexity index is 288. The Morgan fingerprint density at radius 3 is 0.636 bits per heavy atom. The standard InChI is InChI=1S/C31H64S2/c1-3-5-7-9-11-13-15-17-18-19-21-23-25-27-29-31-33-32-30-28-26-24-22-20-16-14-12-10-8-6-4-2/h3-31H2,1-2H3. The Morgan fingerprint density at radius 1 is 0.242 bits per heavy atom. The molecule has 0 nitrogen and oxygen atoms in total. The van der Waals surface area contributed by atoms with Crippen LogP contribution in [0.4, 0.5) is 0 Å². The molecule has 0 N–H and O–H groups in total. The highest BCUT2D eigenvalue weighted by Crippen LogP contribution is 2.25. The van der Waals surface area contributed by atoms with Gasteiger partial charge in [0.05, 0.1) is 0 Å². The summed E-state index contributed by atoms with van der Waals surface area (Å²) in [5.74, 6) is 2.75. The number of hydrogen-bond donors (Lipinski definition) is 0. The number of unbranched alkanes of at least 4 members (excludes halogenated alkanes) is 25. The van der Waals surface area contributed by atoms with Crippen molar-refractivity contribution in [2.75, 3.05) is 11.5 Å². The molecule has 0 aromatic heterocycles. The molecule has 0 saturated heterocycles. The van der Waals surface area contributed by atoms with E-state index < -0.39 is 0 Å². The molecule has 2 heteroatoms. The van der Waals surface area contributed by atoms with Crippen LogP contribution in [-0.4, -0.2) is 11.5 Å². The predicted molar refractivity (Wildman–Crippen MR) is 161 cm³/mol. The smallest absolute Gasteiger partial charge is 0.00369 e. The van der Waals surface area contributed by atoms with Gasteiger partial charge in [-0.3, -0.25) is 0 Å². The first-order valence-electron chi connectivity index (χ1n) is 15.7. The second kappa shape index (κ2) is 32.7. The fraction of sp³-hybridized carbons (Fsp3) is 1.00. The maximum absolute atomic E-state index is 2.31. The normalized spacial score (nSPS) is 11.5. The van der Waals surface area contributed by atoms with Crippen molar-refractivity contribution in [3.05, 3.63) is 0 Å². The summed E-state index contributed by atoms with van der Waals surface area (Å²) in [6.07, 6.45) is 39.5. The molecular weight excluding hydrogens is 436 g/mol. The molecule has 33 heavy (non-hydrogen) atoms. The summed E-state index contributed by atoms with van der Waals surface area (Å²) in [5, 5.41) is 0. The van der Waals surface area contributed by atoms with Gasteiger partial charge in [0, 0.05) is 11.5 Å². The van der Waals surface area contributed by atoms with E-state index in [4.69, 9.17) is 0 Å². The molecule has 0 aliphatic heterocycles. The minimum atomic E-state index is 1.37. The molecule has 0 amide bonds. The van der Waals surface area contributed by atoms with Crippen LogP contribution in [-0.2, 0) is 0 Å². The minimum absolute atomic E-state index is 1.37. The molecule has 200 valence electrons. The molecule has 0 saturated carbocycles. The summed E-state index contributed by atoms with van der Waals surface area (Å²) in [4.78, 5) is 0. The van der Waals surface area contributed by atoms with Crippen LogP contribution in [0.1, 0.15) is 187 Å². The Balaban J connectivity index is 2.99. The van der Waals surface area contributed by atoms with E-state index in [9.17, 15) is 0 Å². The van der Waals surface area contributed by atoms with Crippen molar-refractivity contribution < 1.29 is 0 Å². The van der Waals surface area contributed by atoms with E-state index in [0.29, 0.717) is 0 Å². The molecule has 0 rings (SSSR count). The Morgan fingerprint density at radius 2 is 0.424 bits per heavy atom. The summed E-state index contributed by atoms with van der Waals surface area (Å²) in [6, 6.07) is 0. The topological polar surface area (TPSA) is 0 Å². The zero-order chi connectivity index (χ0) is 23.9. The van der Waals surface area contributed by atoms with E-state index in [1.807, 2.05) is 0 Å². The summed E-state index contributed by atoms with van der Waals surface area (Å²) in [5.41, 5.74) is 0. The third kappa shape index (κ3) is 32.7. The van der Waals surface area contributed by atoms with Crippen LogP contribution >= 0.6 is 21.6 Å². The molecule has 0 bridgehead atoms. The highest BCUT2D eigenvalue weighted by atomic mass is 33.1. The molecule has 0 radical (unpaired) electrons.